The molecular formula is C16H19FN4OS2. The molecule has 1 aromatic heterocycles. The molecule has 1 aliphatic rings. The first-order chi connectivity index (χ1) is 11.6. The Kier molecular flexibility index (Phi) is 5.68. The fraction of sp³-hybridized carbons (Fsp3) is 0.438. The molecule has 8 heteroatoms. The summed E-state index contributed by atoms with van der Waals surface area (Å²) in [6.45, 7) is 3.88. The highest BCUT2D eigenvalue weighted by molar-refractivity contribution is 8.01. The highest BCUT2D eigenvalue weighted by Crippen LogP contribution is 2.28. The number of piperidine rings is 1. The van der Waals surface area contributed by atoms with Crippen LogP contribution in [0.4, 0.5) is 15.2 Å². The second kappa shape index (κ2) is 7.94. The summed E-state index contributed by atoms with van der Waals surface area (Å²) >= 11 is 2.76. The third-order valence-electron chi connectivity index (χ3n) is 3.81. The quantitative estimate of drug-likeness (QED) is 0.816. The normalized spacial score (nSPS) is 17.8. The second-order valence-corrected chi connectivity index (χ2v) is 8.08. The molecule has 1 N–H and O–H groups in total. The van der Waals surface area contributed by atoms with Crippen LogP contribution >= 0.6 is 23.1 Å². The zero-order chi connectivity index (χ0) is 16.9. The fourth-order valence-corrected chi connectivity index (χ4v) is 4.31. The molecule has 0 radical (unpaired) electrons. The molecule has 0 spiro atoms. The number of likely N-dealkylation sites (tertiary alicyclic amines) is 1. The summed E-state index contributed by atoms with van der Waals surface area (Å²) < 4.78 is 13.9. The van der Waals surface area contributed by atoms with Gasteiger partial charge in [0.05, 0.1) is 5.75 Å². The summed E-state index contributed by atoms with van der Waals surface area (Å²) in [7, 11) is 0. The smallest absolute Gasteiger partial charge is 0.233 e. The van der Waals surface area contributed by atoms with E-state index < -0.39 is 0 Å². The minimum Gasteiger partial charge on any atom is -0.342 e. The summed E-state index contributed by atoms with van der Waals surface area (Å²) in [4.78, 5) is 14.2. The summed E-state index contributed by atoms with van der Waals surface area (Å²) in [5.41, 5.74) is 0.626. The predicted molar refractivity (Wildman–Crippen MR) is 95.3 cm³/mol. The van der Waals surface area contributed by atoms with Gasteiger partial charge >= 0.3 is 0 Å². The van der Waals surface area contributed by atoms with Gasteiger partial charge in [-0.1, -0.05) is 36.1 Å². The van der Waals surface area contributed by atoms with Gasteiger partial charge in [-0.15, -0.1) is 10.2 Å². The molecule has 128 valence electrons. The molecule has 2 heterocycles. The van der Waals surface area contributed by atoms with Crippen molar-refractivity contribution in [1.29, 1.82) is 0 Å². The first-order valence-corrected chi connectivity index (χ1v) is 9.67. The number of carbonyl (C=O) groups is 1. The van der Waals surface area contributed by atoms with Gasteiger partial charge in [0.15, 0.2) is 4.34 Å². The standard InChI is InChI=1S/C16H19FN4OS2/c1-11-4-3-7-21(9-11)14(22)10-23-16-20-19-15(24-16)18-13-6-2-5-12(17)8-13/h2,5-6,8,11H,3-4,7,9-10H2,1H3,(H,18,19)/t11-/m1/s1. The van der Waals surface area contributed by atoms with Crippen LogP contribution in [0.1, 0.15) is 19.8 Å². The number of rotatable bonds is 5. The van der Waals surface area contributed by atoms with E-state index in [-0.39, 0.29) is 11.7 Å². The molecule has 3 rings (SSSR count). The first kappa shape index (κ1) is 17.2. The third-order valence-corrected chi connectivity index (χ3v) is 5.77. The van der Waals surface area contributed by atoms with Crippen LogP contribution in [0.25, 0.3) is 0 Å². The average molecular weight is 366 g/mol. The molecule has 1 atom stereocenters. The first-order valence-electron chi connectivity index (χ1n) is 7.87. The Morgan fingerprint density at radius 1 is 1.50 bits per heavy atom. The number of hydrogen-bond acceptors (Lipinski definition) is 6. The Morgan fingerprint density at radius 3 is 3.17 bits per heavy atom. The van der Waals surface area contributed by atoms with E-state index in [2.05, 4.69) is 22.4 Å². The number of hydrogen-bond donors (Lipinski definition) is 1. The second-order valence-electron chi connectivity index (χ2n) is 5.88. The van der Waals surface area contributed by atoms with Gasteiger partial charge in [0, 0.05) is 18.8 Å². The van der Waals surface area contributed by atoms with E-state index in [1.165, 1.54) is 41.7 Å². The van der Waals surface area contributed by atoms with Crippen molar-refractivity contribution in [2.75, 3.05) is 24.2 Å². The predicted octanol–water partition coefficient (Wildman–Crippen LogP) is 3.77. The van der Waals surface area contributed by atoms with E-state index in [0.29, 0.717) is 22.5 Å². The molecule has 0 aliphatic carbocycles. The number of aromatic nitrogens is 2. The molecule has 5 nitrogen and oxygen atoms in total. The van der Waals surface area contributed by atoms with E-state index in [0.717, 1.165) is 23.8 Å². The summed E-state index contributed by atoms with van der Waals surface area (Å²) in [5, 5.41) is 11.7. The van der Waals surface area contributed by atoms with Gasteiger partial charge in [0.1, 0.15) is 5.82 Å². The van der Waals surface area contributed by atoms with Crippen molar-refractivity contribution in [1.82, 2.24) is 15.1 Å². The Balaban J connectivity index is 1.51. The van der Waals surface area contributed by atoms with Gasteiger partial charge in [0.2, 0.25) is 11.0 Å². The van der Waals surface area contributed by atoms with Crippen LogP contribution in [-0.4, -0.2) is 39.8 Å². The Morgan fingerprint density at radius 2 is 2.38 bits per heavy atom. The zero-order valence-corrected chi connectivity index (χ0v) is 15.0. The van der Waals surface area contributed by atoms with Gasteiger partial charge in [-0.25, -0.2) is 4.39 Å². The van der Waals surface area contributed by atoms with Crippen molar-refractivity contribution < 1.29 is 9.18 Å². The lowest BCUT2D eigenvalue weighted by Gasteiger charge is -2.30. The van der Waals surface area contributed by atoms with Crippen LogP contribution in [0.3, 0.4) is 0 Å². The number of nitrogens with one attached hydrogen (secondary N) is 1. The Hall–Kier alpha value is -1.67. The van der Waals surface area contributed by atoms with Crippen molar-refractivity contribution in [3.63, 3.8) is 0 Å². The van der Waals surface area contributed by atoms with Crippen molar-refractivity contribution in [3.8, 4) is 0 Å². The van der Waals surface area contributed by atoms with Crippen LogP contribution in [0.15, 0.2) is 28.6 Å². The van der Waals surface area contributed by atoms with E-state index in [4.69, 9.17) is 0 Å². The van der Waals surface area contributed by atoms with Crippen molar-refractivity contribution in [2.45, 2.75) is 24.1 Å². The number of halogens is 1. The van der Waals surface area contributed by atoms with Crippen LogP contribution in [0.5, 0.6) is 0 Å². The number of anilines is 2. The molecule has 2 aromatic rings. The van der Waals surface area contributed by atoms with Gasteiger partial charge in [-0.3, -0.25) is 4.79 Å². The molecule has 1 saturated heterocycles. The number of amides is 1. The SMILES string of the molecule is C[C@@H]1CCCN(C(=O)CSc2nnc(Nc3cccc(F)c3)s2)C1. The molecule has 1 fully saturated rings. The molecule has 1 amide bonds. The topological polar surface area (TPSA) is 58.1 Å². The van der Waals surface area contributed by atoms with E-state index in [1.54, 1.807) is 12.1 Å². The molecule has 1 aromatic carbocycles. The number of benzene rings is 1. The molecule has 24 heavy (non-hydrogen) atoms. The van der Waals surface area contributed by atoms with Gasteiger partial charge in [0.25, 0.3) is 0 Å². The van der Waals surface area contributed by atoms with Gasteiger partial charge < -0.3 is 10.2 Å². The fourth-order valence-electron chi connectivity index (χ4n) is 2.64. The molecular weight excluding hydrogens is 347 g/mol. The maximum Gasteiger partial charge on any atom is 0.233 e. The van der Waals surface area contributed by atoms with E-state index in [9.17, 15) is 9.18 Å². The Bertz CT molecular complexity index is 709. The van der Waals surface area contributed by atoms with Crippen LogP contribution in [0, 0.1) is 11.7 Å². The third kappa shape index (κ3) is 4.67. The lowest BCUT2D eigenvalue weighted by Crippen LogP contribution is -2.40. The van der Waals surface area contributed by atoms with Crippen molar-refractivity contribution >= 4 is 39.8 Å². The van der Waals surface area contributed by atoms with E-state index in [1.807, 2.05) is 4.90 Å². The molecule has 0 bridgehead atoms. The highest BCUT2D eigenvalue weighted by Gasteiger charge is 2.21. The summed E-state index contributed by atoms with van der Waals surface area (Å²) in [5.74, 6) is 0.805. The van der Waals surface area contributed by atoms with Crippen LogP contribution in [0.2, 0.25) is 0 Å². The minimum absolute atomic E-state index is 0.154. The monoisotopic (exact) mass is 366 g/mol. The van der Waals surface area contributed by atoms with Gasteiger partial charge in [-0.05, 0) is 37.0 Å². The summed E-state index contributed by atoms with van der Waals surface area (Å²) in [6, 6.07) is 6.18. The lowest BCUT2D eigenvalue weighted by atomic mass is 10.0. The molecule has 0 saturated carbocycles. The molecule has 1 aliphatic heterocycles. The summed E-state index contributed by atoms with van der Waals surface area (Å²) in [6.07, 6.45) is 2.28. The number of thioether (sulfide) groups is 1. The minimum atomic E-state index is -0.305. The highest BCUT2D eigenvalue weighted by atomic mass is 32.2. The Labute approximate surface area is 148 Å². The lowest BCUT2D eigenvalue weighted by molar-refractivity contribution is -0.130. The van der Waals surface area contributed by atoms with Gasteiger partial charge in [-0.2, -0.15) is 0 Å². The van der Waals surface area contributed by atoms with Crippen LogP contribution < -0.4 is 5.32 Å². The van der Waals surface area contributed by atoms with Crippen molar-refractivity contribution in [2.24, 2.45) is 5.92 Å². The number of nitrogens with zero attached hydrogens (tertiary/aromatic N) is 3. The zero-order valence-electron chi connectivity index (χ0n) is 13.4. The maximum atomic E-state index is 13.2. The average Bonchev–Trinajstić information content (AvgIpc) is 3.00. The maximum absolute atomic E-state index is 13.2. The van der Waals surface area contributed by atoms with Crippen molar-refractivity contribution in [3.05, 3.63) is 30.1 Å². The number of carbonyl (C=O) groups excluding carboxylic acids is 1. The largest absolute Gasteiger partial charge is 0.342 e. The molecule has 0 unspecified atom stereocenters. The van der Waals surface area contributed by atoms with Crippen LogP contribution in [-0.2, 0) is 4.79 Å². The van der Waals surface area contributed by atoms with E-state index >= 15 is 0 Å².